The summed E-state index contributed by atoms with van der Waals surface area (Å²) in [5, 5.41) is 0.688. The average Bonchev–Trinajstić information content (AvgIpc) is 2.08. The molecule has 2 aromatic heterocycles. The van der Waals surface area contributed by atoms with Gasteiger partial charge in [0.15, 0.2) is 5.56 Å². The molecule has 0 spiro atoms. The van der Waals surface area contributed by atoms with Gasteiger partial charge in [-0.05, 0) is 41.7 Å². The van der Waals surface area contributed by atoms with Gasteiger partial charge in [-0.1, -0.05) is 0 Å². The predicted molar refractivity (Wildman–Crippen MR) is 47.8 cm³/mol. The first-order valence-corrected chi connectivity index (χ1v) is 3.70. The number of nitrogens with one attached hydrogen (secondary N) is 1. The predicted octanol–water partition coefficient (Wildman–Crippen LogP) is 0.937. The van der Waals surface area contributed by atoms with E-state index in [-0.39, 0.29) is 37.6 Å². The molecule has 0 aliphatic carbocycles. The van der Waals surface area contributed by atoms with Crippen molar-refractivity contribution >= 4 is 17.0 Å². The number of rotatable bonds is 0. The van der Waals surface area contributed by atoms with E-state index in [9.17, 15) is 4.79 Å². The van der Waals surface area contributed by atoms with Gasteiger partial charge in [0.25, 0.3) is 0 Å². The summed E-state index contributed by atoms with van der Waals surface area (Å²) in [5.41, 5.74) is 7.69. The van der Waals surface area contributed by atoms with E-state index in [0.717, 1.165) is 0 Å². The Kier molecular flexibility index (Phi) is 4.61. The van der Waals surface area contributed by atoms with Gasteiger partial charge < -0.3 is 20.7 Å². The van der Waals surface area contributed by atoms with Crippen molar-refractivity contribution in [1.29, 1.82) is 0 Å². The van der Waals surface area contributed by atoms with Crippen molar-refractivity contribution in [3.63, 3.8) is 0 Å². The second-order valence-electron chi connectivity index (χ2n) is 2.72. The van der Waals surface area contributed by atoms with E-state index >= 15 is 0 Å². The molecular formula is C8H6N4OReRf2-2. The molecule has 1 N–H and O–H groups in total. The van der Waals surface area contributed by atoms with Gasteiger partial charge in [0.2, 0.25) is 0 Å². The fourth-order valence-electron chi connectivity index (χ4n) is 1.05. The first-order chi connectivity index (χ1) is 6.16. The molecule has 0 saturated heterocycles. The van der Waals surface area contributed by atoms with Gasteiger partial charge in [-0.3, -0.25) is 4.79 Å². The number of pyridine rings is 1. The quantitative estimate of drug-likeness (QED) is 0.395. The molecular weight excluding hydrogens is 888 g/mol. The first-order valence-electron chi connectivity index (χ1n) is 3.70. The SMILES string of the molecule is Cc1cc2cnc([NH-])nc2[n-]c1=O.[Re].[Rf].[Rf]. The van der Waals surface area contributed by atoms with Crippen LogP contribution in [0.2, 0.25) is 0 Å². The van der Waals surface area contributed by atoms with E-state index in [0.29, 0.717) is 10.9 Å². The Labute approximate surface area is 93.4 Å². The molecule has 2 heterocycles. The summed E-state index contributed by atoms with van der Waals surface area (Å²) in [6, 6.07) is 1.67. The van der Waals surface area contributed by atoms with Crippen LogP contribution in [0.1, 0.15) is 5.56 Å². The molecule has 0 amide bonds. The summed E-state index contributed by atoms with van der Waals surface area (Å²) in [4.78, 5) is 22.2. The third-order valence-corrected chi connectivity index (χ3v) is 1.71. The number of hydrogen-bond acceptors (Lipinski definition) is 3. The molecule has 0 aliphatic heterocycles. The summed E-state index contributed by atoms with van der Waals surface area (Å²) in [6.07, 6.45) is 1.49. The fraction of sp³-hybridized carbons (Fsp3) is 0.125. The van der Waals surface area contributed by atoms with Crippen molar-refractivity contribution in [2.24, 2.45) is 0 Å². The molecule has 5 nitrogen and oxygen atoms in total. The molecule has 8 heteroatoms. The number of nitrogens with zero attached hydrogens (tertiary/aromatic N) is 3. The first kappa shape index (κ1) is 15.2. The van der Waals surface area contributed by atoms with E-state index in [2.05, 4.69) is 15.0 Å². The molecule has 0 aliphatic rings. The van der Waals surface area contributed by atoms with Gasteiger partial charge in [0.1, 0.15) is 0 Å². The zero-order valence-electron chi connectivity index (χ0n) is 8.70. The van der Waals surface area contributed by atoms with Crippen molar-refractivity contribution in [2.45, 2.75) is 6.92 Å². The molecule has 0 bridgehead atoms. The smallest absolute Gasteiger partial charge is 0.174 e. The van der Waals surface area contributed by atoms with Crippen LogP contribution in [0.3, 0.4) is 0 Å². The Bertz CT molecular complexity index is 531. The Morgan fingerprint density at radius 1 is 1.38 bits per heavy atom. The minimum atomic E-state index is -0.300. The Hall–Kier alpha value is -3.25. The molecule has 2 aromatic rings. The van der Waals surface area contributed by atoms with Crippen LogP contribution < -0.4 is 10.5 Å². The topological polar surface area (TPSA) is 80.8 Å². The number of fused-ring (bicyclic) bond motifs is 1. The minimum Gasteiger partial charge on any atom is -0.432 e. The summed E-state index contributed by atoms with van der Waals surface area (Å²) >= 11 is 0. The average molecular weight is 894 g/mol. The van der Waals surface area contributed by atoms with Crippen LogP contribution in [0.5, 0.6) is 0 Å². The standard InChI is InChI=1S/C8H7N4O.Re.2Rf/c1-4-2-5-3-10-8(9)12-6(5)11-7(4)13;;;/h2-3H,1H3,(H2-,9,10,11,12,13);;;/q-1;;;/p-1. The van der Waals surface area contributed by atoms with Crippen molar-refractivity contribution in [3.8, 4) is 0 Å². The van der Waals surface area contributed by atoms with E-state index in [1.54, 1.807) is 13.0 Å². The molecule has 2 rings (SSSR count). The number of aromatic nitrogens is 3. The zero-order chi connectivity index (χ0) is 9.42. The van der Waals surface area contributed by atoms with Crippen LogP contribution in [-0.2, 0) is 20.4 Å². The Balaban J connectivity index is 0. The molecule has 77 valence electrons. The van der Waals surface area contributed by atoms with E-state index < -0.39 is 0 Å². The van der Waals surface area contributed by atoms with Crippen LogP contribution in [0.15, 0.2) is 17.1 Å². The van der Waals surface area contributed by atoms with Crippen LogP contribution in [0.25, 0.3) is 16.8 Å². The number of hydrogen-bond donors (Lipinski definition) is 0. The summed E-state index contributed by atoms with van der Waals surface area (Å²) in [5.74, 6) is -0.122. The summed E-state index contributed by atoms with van der Waals surface area (Å²) in [7, 11) is 0. The third kappa shape index (κ3) is 2.16. The minimum absolute atomic E-state index is 0. The monoisotopic (exact) mass is 895 g/mol. The van der Waals surface area contributed by atoms with Gasteiger partial charge in [0, 0.05) is 20.4 Å². The third-order valence-electron chi connectivity index (χ3n) is 1.71. The molecule has 0 fully saturated rings. The van der Waals surface area contributed by atoms with Gasteiger partial charge in [-0.15, -0.1) is 0 Å². The normalized spacial score (nSPS) is 8.56. The van der Waals surface area contributed by atoms with Crippen LogP contribution in [0, 0.1) is 6.92 Å². The Morgan fingerprint density at radius 3 is 2.62 bits per heavy atom. The molecule has 0 saturated carbocycles. The molecule has 1 radical (unpaired) electrons. The van der Waals surface area contributed by atoms with E-state index in [1.165, 1.54) is 6.20 Å². The van der Waals surface area contributed by atoms with Gasteiger partial charge in [-0.2, -0.15) is 0 Å². The summed E-state index contributed by atoms with van der Waals surface area (Å²) < 4.78 is 0. The Morgan fingerprint density at radius 2 is 2.00 bits per heavy atom. The van der Waals surface area contributed by atoms with Crippen LogP contribution >= 0.6 is 0 Å². The fourth-order valence-corrected chi connectivity index (χ4v) is 1.05. The maximum Gasteiger partial charge on any atom is 0.174 e. The molecule has 0 atom stereocenters. The van der Waals surface area contributed by atoms with Crippen molar-refractivity contribution in [3.05, 3.63) is 33.9 Å². The van der Waals surface area contributed by atoms with Gasteiger partial charge in [-0.25, -0.2) is 0 Å². The second kappa shape index (κ2) is 4.84. The van der Waals surface area contributed by atoms with Gasteiger partial charge >= 0.3 is 0 Å². The van der Waals surface area contributed by atoms with Crippen LogP contribution in [-0.4, -0.2) is 9.97 Å². The second-order valence-corrected chi connectivity index (χ2v) is 2.72. The van der Waals surface area contributed by atoms with E-state index in [1.807, 2.05) is 0 Å². The molecule has 0 aromatic carbocycles. The molecule has 0 unspecified atom stereocenters. The molecule has 16 heavy (non-hydrogen) atoms. The van der Waals surface area contributed by atoms with E-state index in [4.69, 9.17) is 5.73 Å². The van der Waals surface area contributed by atoms with Crippen molar-refractivity contribution in [2.75, 3.05) is 0 Å². The van der Waals surface area contributed by atoms with Gasteiger partial charge in [0.05, 0.1) is 0 Å². The van der Waals surface area contributed by atoms with Crippen molar-refractivity contribution in [1.82, 2.24) is 15.0 Å². The maximum atomic E-state index is 11.1. The van der Waals surface area contributed by atoms with Crippen molar-refractivity contribution < 1.29 is 20.4 Å². The zero-order valence-corrected chi connectivity index (χ0v) is 24.2. The maximum absolute atomic E-state index is 11.1. The number of aryl methyl sites for hydroxylation is 1. The van der Waals surface area contributed by atoms with Crippen LogP contribution in [0.4, 0.5) is 5.95 Å². The largest absolute Gasteiger partial charge is 0.432 e. The summed E-state index contributed by atoms with van der Waals surface area (Å²) in [6.45, 7) is 1.68.